The lowest BCUT2D eigenvalue weighted by molar-refractivity contribution is -0.138. The van der Waals surface area contributed by atoms with Crippen LogP contribution in [0.5, 0.6) is 5.75 Å². The molecule has 0 heterocycles. The Morgan fingerprint density at radius 2 is 1.28 bits per heavy atom. The summed E-state index contributed by atoms with van der Waals surface area (Å²) in [5.41, 5.74) is 2.51. The number of para-hydroxylation sites is 1. The van der Waals surface area contributed by atoms with Crippen molar-refractivity contribution in [3.05, 3.63) is 90.0 Å². The molecule has 0 spiro atoms. The fraction of sp³-hybridized carbons (Fsp3) is 0.143. The lowest BCUT2D eigenvalue weighted by Crippen LogP contribution is -2.10. The van der Waals surface area contributed by atoms with Crippen LogP contribution in [0.1, 0.15) is 11.1 Å². The fourth-order valence-corrected chi connectivity index (χ4v) is 2.60. The third kappa shape index (κ3) is 4.41. The highest BCUT2D eigenvalue weighted by atomic mass is 19.4. The molecule has 0 bridgehead atoms. The van der Waals surface area contributed by atoms with E-state index in [1.54, 1.807) is 6.07 Å². The molecule has 0 atom stereocenters. The summed E-state index contributed by atoms with van der Waals surface area (Å²) in [5, 5.41) is 0. The van der Waals surface area contributed by atoms with Gasteiger partial charge in [0.25, 0.3) is 0 Å². The number of benzene rings is 3. The number of rotatable bonds is 5. The second kappa shape index (κ2) is 7.43. The van der Waals surface area contributed by atoms with Crippen LogP contribution in [-0.4, -0.2) is 6.61 Å². The Kier molecular flexibility index (Phi) is 5.08. The quantitative estimate of drug-likeness (QED) is 0.553. The maximum absolute atomic E-state index is 12.9. The van der Waals surface area contributed by atoms with Gasteiger partial charge in [-0.15, -0.1) is 0 Å². The van der Waals surface area contributed by atoms with Gasteiger partial charge in [-0.1, -0.05) is 66.7 Å². The average Bonchev–Trinajstić information content (AvgIpc) is 2.63. The highest BCUT2D eigenvalue weighted by Crippen LogP contribution is 2.35. The Morgan fingerprint density at radius 1 is 0.680 bits per heavy atom. The van der Waals surface area contributed by atoms with Crippen molar-refractivity contribution < 1.29 is 17.9 Å². The molecule has 25 heavy (non-hydrogen) atoms. The van der Waals surface area contributed by atoms with E-state index in [2.05, 4.69) is 0 Å². The highest BCUT2D eigenvalue weighted by Gasteiger charge is 2.33. The third-order valence-corrected chi connectivity index (χ3v) is 3.90. The summed E-state index contributed by atoms with van der Waals surface area (Å²) < 4.78 is 44.1. The number of hydrogen-bond donors (Lipinski definition) is 0. The molecule has 0 aromatic heterocycles. The fourth-order valence-electron chi connectivity index (χ4n) is 2.60. The van der Waals surface area contributed by atoms with Crippen molar-refractivity contribution in [1.82, 2.24) is 0 Å². The van der Waals surface area contributed by atoms with Crippen molar-refractivity contribution in [2.75, 3.05) is 6.61 Å². The maximum Gasteiger partial charge on any atom is 0.419 e. The molecule has 0 fully saturated rings. The van der Waals surface area contributed by atoms with Crippen LogP contribution in [-0.2, 0) is 12.6 Å². The van der Waals surface area contributed by atoms with E-state index in [-0.39, 0.29) is 12.4 Å². The molecule has 4 heteroatoms. The molecule has 0 amide bonds. The van der Waals surface area contributed by atoms with E-state index < -0.39 is 11.7 Å². The molecule has 0 saturated carbocycles. The maximum atomic E-state index is 12.9. The number of hydrogen-bond acceptors (Lipinski definition) is 1. The molecule has 0 radical (unpaired) electrons. The van der Waals surface area contributed by atoms with Crippen molar-refractivity contribution in [2.24, 2.45) is 0 Å². The molecule has 0 N–H and O–H groups in total. The first kappa shape index (κ1) is 17.1. The molecular formula is C21H17F3O. The van der Waals surface area contributed by atoms with Crippen LogP contribution in [0.2, 0.25) is 0 Å². The van der Waals surface area contributed by atoms with Gasteiger partial charge in [0.2, 0.25) is 0 Å². The zero-order chi connectivity index (χ0) is 17.7. The Bertz CT molecular complexity index is 809. The summed E-state index contributed by atoms with van der Waals surface area (Å²) >= 11 is 0. The summed E-state index contributed by atoms with van der Waals surface area (Å²) in [6.07, 6.45) is -3.87. The predicted molar refractivity (Wildman–Crippen MR) is 92.5 cm³/mol. The Morgan fingerprint density at radius 3 is 1.96 bits per heavy atom. The summed E-state index contributed by atoms with van der Waals surface area (Å²) in [7, 11) is 0. The lowest BCUT2D eigenvalue weighted by atomic mass is 10.0. The van der Waals surface area contributed by atoms with Crippen LogP contribution >= 0.6 is 0 Å². The van der Waals surface area contributed by atoms with Crippen LogP contribution < -0.4 is 4.74 Å². The van der Waals surface area contributed by atoms with Gasteiger partial charge < -0.3 is 4.74 Å². The topological polar surface area (TPSA) is 9.23 Å². The molecule has 0 aliphatic rings. The second-order valence-electron chi connectivity index (χ2n) is 5.66. The summed E-state index contributed by atoms with van der Waals surface area (Å²) in [4.78, 5) is 0. The van der Waals surface area contributed by atoms with Crippen molar-refractivity contribution >= 4 is 0 Å². The number of ether oxygens (including phenoxy) is 1. The van der Waals surface area contributed by atoms with Gasteiger partial charge in [-0.05, 0) is 28.8 Å². The summed E-state index contributed by atoms with van der Waals surface area (Å²) in [5.74, 6) is -0.129. The van der Waals surface area contributed by atoms with E-state index in [1.807, 2.05) is 54.6 Å². The monoisotopic (exact) mass is 342 g/mol. The zero-order valence-electron chi connectivity index (χ0n) is 13.5. The molecule has 3 aromatic carbocycles. The van der Waals surface area contributed by atoms with E-state index >= 15 is 0 Å². The molecule has 3 aromatic rings. The van der Waals surface area contributed by atoms with E-state index in [0.717, 1.165) is 22.8 Å². The minimum atomic E-state index is -4.41. The summed E-state index contributed by atoms with van der Waals surface area (Å²) in [6.45, 7) is 0.192. The van der Waals surface area contributed by atoms with Gasteiger partial charge in [-0.25, -0.2) is 0 Å². The molecular weight excluding hydrogens is 325 g/mol. The summed E-state index contributed by atoms with van der Waals surface area (Å²) in [6, 6.07) is 23.2. The minimum absolute atomic E-state index is 0.129. The Hall–Kier alpha value is -2.75. The van der Waals surface area contributed by atoms with Crippen LogP contribution in [0.25, 0.3) is 11.1 Å². The van der Waals surface area contributed by atoms with Gasteiger partial charge in [0.1, 0.15) is 5.75 Å². The van der Waals surface area contributed by atoms with Gasteiger partial charge >= 0.3 is 6.18 Å². The van der Waals surface area contributed by atoms with Gasteiger partial charge in [0.05, 0.1) is 12.2 Å². The lowest BCUT2D eigenvalue weighted by Gasteiger charge is -2.13. The van der Waals surface area contributed by atoms with Crippen molar-refractivity contribution in [2.45, 2.75) is 12.6 Å². The first-order valence-electron chi connectivity index (χ1n) is 7.97. The third-order valence-electron chi connectivity index (χ3n) is 3.90. The first-order valence-corrected chi connectivity index (χ1v) is 7.97. The van der Waals surface area contributed by atoms with Gasteiger partial charge in [-0.3, -0.25) is 0 Å². The van der Waals surface area contributed by atoms with Gasteiger partial charge in [0, 0.05) is 6.42 Å². The zero-order valence-corrected chi connectivity index (χ0v) is 13.5. The highest BCUT2D eigenvalue weighted by molar-refractivity contribution is 5.63. The Labute approximate surface area is 144 Å². The molecule has 3 rings (SSSR count). The largest absolute Gasteiger partial charge is 0.493 e. The molecule has 0 unspecified atom stereocenters. The van der Waals surface area contributed by atoms with E-state index in [9.17, 15) is 13.2 Å². The van der Waals surface area contributed by atoms with Crippen LogP contribution in [0.15, 0.2) is 78.9 Å². The molecule has 1 nitrogen and oxygen atoms in total. The van der Waals surface area contributed by atoms with E-state index in [1.165, 1.54) is 12.1 Å². The molecule has 0 saturated heterocycles. The molecule has 0 aliphatic carbocycles. The average molecular weight is 342 g/mol. The van der Waals surface area contributed by atoms with Crippen LogP contribution in [0, 0.1) is 0 Å². The minimum Gasteiger partial charge on any atom is -0.493 e. The van der Waals surface area contributed by atoms with Crippen molar-refractivity contribution in [1.29, 1.82) is 0 Å². The van der Waals surface area contributed by atoms with Gasteiger partial charge in [0.15, 0.2) is 0 Å². The van der Waals surface area contributed by atoms with E-state index in [0.29, 0.717) is 6.42 Å². The number of halogens is 3. The number of alkyl halides is 3. The predicted octanol–water partition coefficient (Wildman–Crippen LogP) is 5.99. The van der Waals surface area contributed by atoms with E-state index in [4.69, 9.17) is 4.74 Å². The normalized spacial score (nSPS) is 11.3. The van der Waals surface area contributed by atoms with Crippen molar-refractivity contribution in [3.8, 4) is 16.9 Å². The van der Waals surface area contributed by atoms with Crippen LogP contribution in [0.3, 0.4) is 0 Å². The Balaban J connectivity index is 1.62. The SMILES string of the molecule is FC(F)(F)c1ccccc1OCCc1ccc(-c2ccccc2)cc1. The van der Waals surface area contributed by atoms with Crippen LogP contribution in [0.4, 0.5) is 13.2 Å². The molecule has 128 valence electrons. The standard InChI is InChI=1S/C21H17F3O/c22-21(23,24)19-8-4-5-9-20(19)25-15-14-16-10-12-18(13-11-16)17-6-2-1-3-7-17/h1-13H,14-15H2. The first-order chi connectivity index (χ1) is 12.0. The smallest absolute Gasteiger partial charge is 0.419 e. The molecule has 0 aliphatic heterocycles. The van der Waals surface area contributed by atoms with Gasteiger partial charge in [-0.2, -0.15) is 13.2 Å². The van der Waals surface area contributed by atoms with Crippen molar-refractivity contribution in [3.63, 3.8) is 0 Å². The second-order valence-corrected chi connectivity index (χ2v) is 5.66.